The third-order valence-electron chi connectivity index (χ3n) is 2.45. The maximum absolute atomic E-state index is 11.7. The molecule has 0 radical (unpaired) electrons. The summed E-state index contributed by atoms with van der Waals surface area (Å²) in [5.41, 5.74) is 0. The van der Waals surface area contributed by atoms with Crippen molar-refractivity contribution in [2.24, 2.45) is 0 Å². The second kappa shape index (κ2) is 10.3. The van der Waals surface area contributed by atoms with Gasteiger partial charge in [0.05, 0.1) is 12.6 Å². The van der Waals surface area contributed by atoms with Crippen LogP contribution in [0.5, 0.6) is 0 Å². The molecule has 0 aromatic heterocycles. The Morgan fingerprint density at radius 1 is 1.57 bits per heavy atom. The minimum absolute atomic E-state index is 0.0859. The largest absolute Gasteiger partial charge is 0.465 e. The van der Waals surface area contributed by atoms with E-state index in [1.807, 2.05) is 13.8 Å². The van der Waals surface area contributed by atoms with Gasteiger partial charge in [-0.2, -0.15) is 9.59 Å². The van der Waals surface area contributed by atoms with Gasteiger partial charge in [-0.1, -0.05) is 30.9 Å². The van der Waals surface area contributed by atoms with Crippen LogP contribution in [0, 0.1) is 0 Å². The Hall–Kier alpha value is -1.44. The Morgan fingerprint density at radius 3 is 2.52 bits per heavy atom. The summed E-state index contributed by atoms with van der Waals surface area (Å²) in [6.45, 7) is 6.15. The van der Waals surface area contributed by atoms with Crippen LogP contribution in [0.2, 0.25) is 0 Å². The van der Waals surface area contributed by atoms with Crippen LogP contribution in [-0.2, 0) is 23.9 Å². The van der Waals surface area contributed by atoms with E-state index in [9.17, 15) is 9.59 Å². The van der Waals surface area contributed by atoms with Crippen molar-refractivity contribution in [2.75, 3.05) is 13.2 Å². The van der Waals surface area contributed by atoms with Gasteiger partial charge < -0.3 is 9.47 Å². The predicted octanol–water partition coefficient (Wildman–Crippen LogP) is 1.60. The minimum atomic E-state index is -0.446. The van der Waals surface area contributed by atoms with Gasteiger partial charge in [0.1, 0.15) is 16.2 Å². The van der Waals surface area contributed by atoms with Gasteiger partial charge >= 0.3 is 18.2 Å². The number of thiocarbonyl (C=S) groups is 1. The van der Waals surface area contributed by atoms with Gasteiger partial charge in [-0.3, -0.25) is 9.69 Å². The van der Waals surface area contributed by atoms with Crippen LogP contribution in [0.4, 0.5) is 4.79 Å². The summed E-state index contributed by atoms with van der Waals surface area (Å²) in [5, 5.41) is -0.377. The average Bonchev–Trinajstić information content (AvgIpc) is 2.76. The molecule has 1 amide bonds. The zero-order chi connectivity index (χ0) is 16.4. The van der Waals surface area contributed by atoms with Crippen molar-refractivity contribution in [3.05, 3.63) is 0 Å². The number of amides is 1. The van der Waals surface area contributed by atoms with Gasteiger partial charge in [-0.05, 0) is 20.3 Å². The zero-order valence-corrected chi connectivity index (χ0v) is 13.6. The Bertz CT molecular complexity index is 422. The molecule has 0 bridgehead atoms. The summed E-state index contributed by atoms with van der Waals surface area (Å²) in [6, 6.07) is -0.0859. The fraction of sp³-hybridized carbons (Fsp3) is 0.667. The van der Waals surface area contributed by atoms with Gasteiger partial charge in [0.15, 0.2) is 0 Å². The fourth-order valence-electron chi connectivity index (χ4n) is 1.48. The summed E-state index contributed by atoms with van der Waals surface area (Å²) in [5.74, 6) is -0.299. The van der Waals surface area contributed by atoms with Gasteiger partial charge in [-0.25, -0.2) is 4.79 Å². The molecule has 1 aliphatic heterocycles. The molecule has 0 N–H and O–H groups in total. The lowest BCUT2D eigenvalue weighted by Crippen LogP contribution is -2.36. The summed E-state index contributed by atoms with van der Waals surface area (Å²) in [4.78, 5) is 40.8. The molecule has 118 valence electrons. The first-order valence-corrected chi connectivity index (χ1v) is 7.54. The normalized spacial score (nSPS) is 18.0. The van der Waals surface area contributed by atoms with Crippen LogP contribution < -0.4 is 0 Å². The smallest absolute Gasteiger partial charge is 0.415 e. The van der Waals surface area contributed by atoms with E-state index in [0.717, 1.165) is 0 Å². The second-order valence-electron chi connectivity index (χ2n) is 3.91. The van der Waals surface area contributed by atoms with Gasteiger partial charge in [-0.15, -0.1) is 0 Å². The van der Waals surface area contributed by atoms with E-state index in [1.165, 1.54) is 16.7 Å². The Balaban J connectivity index is 0.00000122. The molecule has 2 unspecified atom stereocenters. The fourth-order valence-corrected chi connectivity index (χ4v) is 3.03. The van der Waals surface area contributed by atoms with Gasteiger partial charge in [0, 0.05) is 0 Å². The van der Waals surface area contributed by atoms with Gasteiger partial charge in [0.25, 0.3) is 0 Å². The average molecular weight is 335 g/mol. The molecule has 21 heavy (non-hydrogen) atoms. The number of carbonyl (C=O) groups is 2. The standard InChI is InChI=1S/C11H17NO4S2.CO2/c1-4-8(9(13)15-5-2)18-11(17)12-7(3)6-16-10(12)14;2-1-3/h7-8H,4-6H2,1-3H3;. The van der Waals surface area contributed by atoms with E-state index < -0.39 is 6.09 Å². The highest BCUT2D eigenvalue weighted by atomic mass is 32.2. The Kier molecular flexibility index (Phi) is 9.60. The Labute approximate surface area is 132 Å². The van der Waals surface area contributed by atoms with Crippen molar-refractivity contribution in [1.29, 1.82) is 0 Å². The van der Waals surface area contributed by atoms with E-state index in [1.54, 1.807) is 6.92 Å². The first-order chi connectivity index (χ1) is 9.92. The second-order valence-corrected chi connectivity index (χ2v) is 5.75. The lowest BCUT2D eigenvalue weighted by Gasteiger charge is -2.21. The Morgan fingerprint density at radius 2 is 2.14 bits per heavy atom. The molecule has 9 heteroatoms. The number of hydrogen-bond donors (Lipinski definition) is 0. The molecule has 1 saturated heterocycles. The summed E-state index contributed by atoms with van der Waals surface area (Å²) in [7, 11) is 0. The zero-order valence-electron chi connectivity index (χ0n) is 12.0. The third-order valence-corrected chi connectivity index (χ3v) is 4.14. The van der Waals surface area contributed by atoms with Crippen LogP contribution in [0.1, 0.15) is 27.2 Å². The molecule has 1 fully saturated rings. The molecule has 0 aromatic rings. The number of esters is 1. The summed E-state index contributed by atoms with van der Waals surface area (Å²) in [6.07, 6.45) is 0.402. The molecule has 0 aliphatic carbocycles. The quantitative estimate of drug-likeness (QED) is 0.565. The lowest BCUT2D eigenvalue weighted by molar-refractivity contribution is -0.191. The van der Waals surface area contributed by atoms with E-state index >= 15 is 0 Å². The number of ether oxygens (including phenoxy) is 2. The summed E-state index contributed by atoms with van der Waals surface area (Å²) < 4.78 is 10.2. The summed E-state index contributed by atoms with van der Waals surface area (Å²) >= 11 is 6.37. The highest BCUT2D eigenvalue weighted by Crippen LogP contribution is 2.25. The first kappa shape index (κ1) is 19.6. The van der Waals surface area contributed by atoms with Crippen molar-refractivity contribution in [3.8, 4) is 0 Å². The predicted molar refractivity (Wildman–Crippen MR) is 78.6 cm³/mol. The number of rotatable bonds is 4. The first-order valence-electron chi connectivity index (χ1n) is 6.25. The van der Waals surface area contributed by atoms with Crippen LogP contribution in [0.25, 0.3) is 0 Å². The van der Waals surface area contributed by atoms with Crippen molar-refractivity contribution in [2.45, 2.75) is 38.5 Å². The molecule has 0 saturated carbocycles. The van der Waals surface area contributed by atoms with Gasteiger partial charge in [0.2, 0.25) is 0 Å². The molecule has 1 rings (SSSR count). The van der Waals surface area contributed by atoms with Crippen LogP contribution in [0.3, 0.4) is 0 Å². The number of hydrogen-bond acceptors (Lipinski definition) is 8. The maximum Gasteiger partial charge on any atom is 0.415 e. The monoisotopic (exact) mass is 335 g/mol. The molecule has 1 aliphatic rings. The highest BCUT2D eigenvalue weighted by molar-refractivity contribution is 8.23. The van der Waals surface area contributed by atoms with E-state index in [-0.39, 0.29) is 23.4 Å². The number of carbonyl (C=O) groups excluding carboxylic acids is 4. The molecule has 7 nitrogen and oxygen atoms in total. The molecule has 0 spiro atoms. The van der Waals surface area contributed by atoms with Crippen molar-refractivity contribution in [1.82, 2.24) is 4.90 Å². The topological polar surface area (TPSA) is 90.0 Å². The number of cyclic esters (lactones) is 1. The minimum Gasteiger partial charge on any atom is -0.465 e. The third kappa shape index (κ3) is 6.24. The molecular formula is C12H17NO6S2. The highest BCUT2D eigenvalue weighted by Gasteiger charge is 2.35. The van der Waals surface area contributed by atoms with Crippen LogP contribution in [-0.4, -0.2) is 51.9 Å². The van der Waals surface area contributed by atoms with E-state index in [0.29, 0.717) is 24.0 Å². The van der Waals surface area contributed by atoms with Crippen LogP contribution >= 0.6 is 24.0 Å². The van der Waals surface area contributed by atoms with Crippen molar-refractivity contribution in [3.63, 3.8) is 0 Å². The van der Waals surface area contributed by atoms with E-state index in [4.69, 9.17) is 31.3 Å². The molecule has 1 heterocycles. The maximum atomic E-state index is 11.7. The SMILES string of the molecule is CCOC(=O)C(CC)SC(=S)N1C(=O)OCC1C.O=C=O. The number of thioether (sulfide) groups is 1. The molecule has 2 atom stereocenters. The molecule has 0 aromatic carbocycles. The lowest BCUT2D eigenvalue weighted by atomic mass is 10.3. The van der Waals surface area contributed by atoms with E-state index in [2.05, 4.69) is 0 Å². The number of nitrogens with zero attached hydrogens (tertiary/aromatic N) is 1. The van der Waals surface area contributed by atoms with Crippen molar-refractivity contribution < 1.29 is 28.7 Å². The van der Waals surface area contributed by atoms with Crippen LogP contribution in [0.15, 0.2) is 0 Å². The van der Waals surface area contributed by atoms with Crippen molar-refractivity contribution >= 4 is 46.5 Å². The molecular weight excluding hydrogens is 318 g/mol.